The van der Waals surface area contributed by atoms with Gasteiger partial charge in [0, 0.05) is 30.4 Å². The van der Waals surface area contributed by atoms with Crippen LogP contribution in [-0.4, -0.2) is 36.7 Å². The molecule has 0 spiro atoms. The summed E-state index contributed by atoms with van der Waals surface area (Å²) in [7, 11) is 0. The van der Waals surface area contributed by atoms with E-state index in [1.54, 1.807) is 0 Å². The van der Waals surface area contributed by atoms with Crippen molar-refractivity contribution in [1.29, 1.82) is 0 Å². The number of hydrogen-bond acceptors (Lipinski definition) is 4. The van der Waals surface area contributed by atoms with Crippen molar-refractivity contribution in [2.24, 2.45) is 0 Å². The Bertz CT molecular complexity index is 778. The first kappa shape index (κ1) is 18.4. The summed E-state index contributed by atoms with van der Waals surface area (Å²) in [5.74, 6) is 3.01. The second kappa shape index (κ2) is 7.95. The average Bonchev–Trinajstić information content (AvgIpc) is 2.67. The number of amides is 1. The molecule has 0 aliphatic carbocycles. The Labute approximate surface area is 164 Å². The van der Waals surface area contributed by atoms with Crippen LogP contribution in [0.1, 0.15) is 24.0 Å². The summed E-state index contributed by atoms with van der Waals surface area (Å²) in [6.07, 6.45) is 1.72. The number of ether oxygens (including phenoxy) is 2. The highest BCUT2D eigenvalue weighted by molar-refractivity contribution is 8.00. The lowest BCUT2D eigenvalue weighted by Gasteiger charge is -2.36. The van der Waals surface area contributed by atoms with Crippen LogP contribution < -0.4 is 10.1 Å². The van der Waals surface area contributed by atoms with E-state index in [1.165, 1.54) is 5.56 Å². The van der Waals surface area contributed by atoms with Crippen molar-refractivity contribution in [3.63, 3.8) is 0 Å². The molecule has 142 valence electrons. The normalized spacial score (nSPS) is 19.1. The molecule has 2 aliphatic heterocycles. The molecule has 2 aromatic carbocycles. The molecule has 27 heavy (non-hydrogen) atoms. The zero-order valence-corrected chi connectivity index (χ0v) is 16.4. The predicted octanol–water partition coefficient (Wildman–Crippen LogP) is 4.18. The highest BCUT2D eigenvalue weighted by Gasteiger charge is 2.41. The molecule has 2 aliphatic rings. The van der Waals surface area contributed by atoms with Crippen molar-refractivity contribution >= 4 is 23.4 Å². The zero-order chi connectivity index (χ0) is 18.7. The Kier molecular flexibility index (Phi) is 5.41. The van der Waals surface area contributed by atoms with Gasteiger partial charge in [-0.3, -0.25) is 4.79 Å². The third kappa shape index (κ3) is 3.99. The van der Waals surface area contributed by atoms with Crippen molar-refractivity contribution in [2.45, 2.75) is 31.3 Å². The van der Waals surface area contributed by atoms with E-state index in [2.05, 4.69) is 36.5 Å². The minimum Gasteiger partial charge on any atom is -0.489 e. The first-order valence-electron chi connectivity index (χ1n) is 9.46. The van der Waals surface area contributed by atoms with Crippen molar-refractivity contribution in [3.05, 3.63) is 59.7 Å². The average molecular weight is 384 g/mol. The Balaban J connectivity index is 1.50. The summed E-state index contributed by atoms with van der Waals surface area (Å²) in [6.45, 7) is 3.27. The lowest BCUT2D eigenvalue weighted by molar-refractivity contribution is -0.125. The van der Waals surface area contributed by atoms with E-state index >= 15 is 0 Å². The van der Waals surface area contributed by atoms with Crippen LogP contribution in [0.3, 0.4) is 0 Å². The molecule has 2 saturated heterocycles. The third-order valence-corrected chi connectivity index (χ3v) is 6.62. The first-order chi connectivity index (χ1) is 13.2. The molecule has 0 bridgehead atoms. The molecule has 0 radical (unpaired) electrons. The van der Waals surface area contributed by atoms with E-state index in [0.717, 1.165) is 28.5 Å². The Morgan fingerprint density at radius 2 is 1.74 bits per heavy atom. The number of anilines is 1. The van der Waals surface area contributed by atoms with Crippen LogP contribution in [0, 0.1) is 6.92 Å². The molecule has 4 nitrogen and oxygen atoms in total. The third-order valence-electron chi connectivity index (χ3n) is 5.41. The minimum absolute atomic E-state index is 0.0405. The van der Waals surface area contributed by atoms with Crippen molar-refractivity contribution in [1.82, 2.24) is 0 Å². The highest BCUT2D eigenvalue weighted by atomic mass is 32.2. The van der Waals surface area contributed by atoms with Gasteiger partial charge in [-0.05, 0) is 49.6 Å². The van der Waals surface area contributed by atoms with E-state index in [-0.39, 0.29) is 5.91 Å². The van der Waals surface area contributed by atoms with E-state index in [9.17, 15) is 4.79 Å². The number of nitrogens with one attached hydrogen (secondary N) is 1. The van der Waals surface area contributed by atoms with Crippen molar-refractivity contribution in [2.75, 3.05) is 30.0 Å². The molecule has 5 heteroatoms. The monoisotopic (exact) mass is 383 g/mol. The smallest absolute Gasteiger partial charge is 0.235 e. The maximum atomic E-state index is 13.3. The first-order valence-corrected chi connectivity index (χ1v) is 10.6. The summed E-state index contributed by atoms with van der Waals surface area (Å²) in [4.78, 5) is 13.3. The van der Waals surface area contributed by atoms with Crippen LogP contribution in [0.5, 0.6) is 5.75 Å². The molecule has 0 atom stereocenters. The van der Waals surface area contributed by atoms with E-state index in [0.29, 0.717) is 32.2 Å². The van der Waals surface area contributed by atoms with Gasteiger partial charge in [-0.2, -0.15) is 11.8 Å². The lowest BCUT2D eigenvalue weighted by Crippen LogP contribution is -2.44. The Hall–Kier alpha value is -1.98. The van der Waals surface area contributed by atoms with Gasteiger partial charge < -0.3 is 14.8 Å². The van der Waals surface area contributed by atoms with Gasteiger partial charge in [-0.25, -0.2) is 0 Å². The fraction of sp³-hybridized carbons (Fsp3) is 0.409. The number of hydrogen-bond donors (Lipinski definition) is 1. The highest BCUT2D eigenvalue weighted by Crippen LogP contribution is 2.36. The summed E-state index contributed by atoms with van der Waals surface area (Å²) in [5.41, 5.74) is 2.52. The van der Waals surface area contributed by atoms with Gasteiger partial charge in [0.2, 0.25) is 5.91 Å². The van der Waals surface area contributed by atoms with Gasteiger partial charge in [0.25, 0.3) is 0 Å². The van der Waals surface area contributed by atoms with Crippen LogP contribution in [0.15, 0.2) is 48.5 Å². The lowest BCUT2D eigenvalue weighted by atomic mass is 9.73. The summed E-state index contributed by atoms with van der Waals surface area (Å²) in [5, 5.41) is 3.12. The SMILES string of the molecule is Cc1ccc(C2(C(=O)Nc3ccc(OC4CSC4)cc3)CCOCC2)cc1. The van der Waals surface area contributed by atoms with Crippen LogP contribution in [0.4, 0.5) is 5.69 Å². The molecular weight excluding hydrogens is 358 g/mol. The van der Waals surface area contributed by atoms with Crippen molar-refractivity contribution in [3.8, 4) is 5.75 Å². The molecule has 1 amide bonds. The molecule has 2 heterocycles. The molecule has 0 saturated carbocycles. The maximum absolute atomic E-state index is 13.3. The van der Waals surface area contributed by atoms with Gasteiger partial charge in [-0.1, -0.05) is 29.8 Å². The van der Waals surface area contributed by atoms with E-state index < -0.39 is 5.41 Å². The van der Waals surface area contributed by atoms with Crippen LogP contribution in [0.25, 0.3) is 0 Å². The van der Waals surface area contributed by atoms with E-state index in [4.69, 9.17) is 9.47 Å². The molecule has 0 aromatic heterocycles. The topological polar surface area (TPSA) is 47.6 Å². The predicted molar refractivity (Wildman–Crippen MR) is 110 cm³/mol. The van der Waals surface area contributed by atoms with Gasteiger partial charge in [0.15, 0.2) is 0 Å². The standard InChI is InChI=1S/C22H25NO3S/c1-16-2-4-17(5-3-16)22(10-12-25-13-11-22)21(24)23-18-6-8-19(9-7-18)26-20-14-27-15-20/h2-9,20H,10-15H2,1H3,(H,23,24). The fourth-order valence-electron chi connectivity index (χ4n) is 3.58. The Morgan fingerprint density at radius 1 is 1.07 bits per heavy atom. The van der Waals surface area contributed by atoms with Crippen LogP contribution in [0.2, 0.25) is 0 Å². The van der Waals surface area contributed by atoms with Crippen LogP contribution >= 0.6 is 11.8 Å². The number of carbonyl (C=O) groups excluding carboxylic acids is 1. The summed E-state index contributed by atoms with van der Waals surface area (Å²) in [6, 6.07) is 16.0. The molecule has 4 rings (SSSR count). The summed E-state index contributed by atoms with van der Waals surface area (Å²) >= 11 is 1.90. The molecule has 2 fully saturated rings. The largest absolute Gasteiger partial charge is 0.489 e. The van der Waals surface area contributed by atoms with Crippen molar-refractivity contribution < 1.29 is 14.3 Å². The Morgan fingerprint density at radius 3 is 2.33 bits per heavy atom. The fourth-order valence-corrected chi connectivity index (χ4v) is 4.15. The van der Waals surface area contributed by atoms with Gasteiger partial charge >= 0.3 is 0 Å². The van der Waals surface area contributed by atoms with Crippen LogP contribution in [-0.2, 0) is 14.9 Å². The molecule has 2 aromatic rings. The number of rotatable bonds is 5. The molecule has 0 unspecified atom stereocenters. The zero-order valence-electron chi connectivity index (χ0n) is 15.6. The minimum atomic E-state index is -0.537. The second-order valence-corrected chi connectivity index (χ2v) is 8.39. The van der Waals surface area contributed by atoms with Gasteiger partial charge in [0.1, 0.15) is 11.9 Å². The number of benzene rings is 2. The van der Waals surface area contributed by atoms with Gasteiger partial charge in [-0.15, -0.1) is 0 Å². The molecule has 1 N–H and O–H groups in total. The summed E-state index contributed by atoms with van der Waals surface area (Å²) < 4.78 is 11.4. The van der Waals surface area contributed by atoms with E-state index in [1.807, 2.05) is 36.0 Å². The second-order valence-electron chi connectivity index (χ2n) is 7.32. The molecular formula is C22H25NO3S. The number of aryl methyl sites for hydroxylation is 1. The quantitative estimate of drug-likeness (QED) is 0.842. The number of thioether (sulfide) groups is 1. The maximum Gasteiger partial charge on any atom is 0.235 e. The van der Waals surface area contributed by atoms with Gasteiger partial charge in [0.05, 0.1) is 5.41 Å². The number of carbonyl (C=O) groups is 1.